The van der Waals surface area contributed by atoms with E-state index in [9.17, 15) is 4.79 Å². The smallest absolute Gasteiger partial charge is 0.337 e. The summed E-state index contributed by atoms with van der Waals surface area (Å²) in [7, 11) is 0. The molecule has 4 rings (SSSR count). The maximum atomic E-state index is 11.1. The molecule has 0 amide bonds. The number of pyridine rings is 1. The predicted molar refractivity (Wildman–Crippen MR) is 108 cm³/mol. The Morgan fingerprint density at radius 1 is 0.963 bits per heavy atom. The van der Waals surface area contributed by atoms with Crippen molar-refractivity contribution < 1.29 is 9.90 Å². The summed E-state index contributed by atoms with van der Waals surface area (Å²) in [5.74, 6) is -0.931. The van der Waals surface area contributed by atoms with Crippen LogP contribution in [-0.4, -0.2) is 16.1 Å². The summed E-state index contributed by atoms with van der Waals surface area (Å²) in [4.78, 5) is 15.7. The van der Waals surface area contributed by atoms with Crippen molar-refractivity contribution in [3.8, 4) is 0 Å². The Bertz CT molecular complexity index is 961. The van der Waals surface area contributed by atoms with Crippen LogP contribution in [0.1, 0.15) is 78.8 Å². The van der Waals surface area contributed by atoms with Gasteiger partial charge in [-0.2, -0.15) is 0 Å². The quantitative estimate of drug-likeness (QED) is 0.755. The Morgan fingerprint density at radius 2 is 1.56 bits per heavy atom. The zero-order valence-corrected chi connectivity index (χ0v) is 16.8. The van der Waals surface area contributed by atoms with Crippen molar-refractivity contribution in [2.45, 2.75) is 63.7 Å². The number of aromatic carboxylic acids is 1. The number of nitrogens with zero attached hydrogens (tertiary/aromatic N) is 1. The molecule has 1 aromatic heterocycles. The monoisotopic (exact) mass is 361 g/mol. The molecule has 0 aliphatic heterocycles. The summed E-state index contributed by atoms with van der Waals surface area (Å²) >= 11 is 0. The second-order valence-corrected chi connectivity index (χ2v) is 9.31. The highest BCUT2D eigenvalue weighted by Crippen LogP contribution is 2.55. The van der Waals surface area contributed by atoms with Gasteiger partial charge in [0.05, 0.1) is 11.3 Å². The number of allylic oxidation sites excluding steroid dienone is 2. The highest BCUT2D eigenvalue weighted by Gasteiger charge is 2.49. The second kappa shape index (κ2) is 5.54. The lowest BCUT2D eigenvalue weighted by atomic mass is 9.66. The van der Waals surface area contributed by atoms with E-state index < -0.39 is 5.97 Å². The molecular formula is C24H27NO2. The second-order valence-electron chi connectivity index (χ2n) is 9.31. The van der Waals surface area contributed by atoms with Gasteiger partial charge in [0.25, 0.3) is 0 Å². The molecule has 0 bridgehead atoms. The van der Waals surface area contributed by atoms with Crippen LogP contribution in [0.4, 0.5) is 0 Å². The van der Waals surface area contributed by atoms with Crippen molar-refractivity contribution in [3.63, 3.8) is 0 Å². The number of aromatic nitrogens is 1. The maximum Gasteiger partial charge on any atom is 0.337 e. The van der Waals surface area contributed by atoms with E-state index in [1.807, 2.05) is 6.07 Å². The van der Waals surface area contributed by atoms with Crippen LogP contribution in [0.2, 0.25) is 0 Å². The molecule has 3 nitrogen and oxygen atoms in total. The van der Waals surface area contributed by atoms with Gasteiger partial charge in [-0.05, 0) is 54.2 Å². The minimum Gasteiger partial charge on any atom is -0.478 e. The van der Waals surface area contributed by atoms with E-state index in [-0.39, 0.29) is 21.8 Å². The number of carboxylic acids is 1. The minimum atomic E-state index is -0.931. The van der Waals surface area contributed by atoms with Gasteiger partial charge in [-0.1, -0.05) is 52.0 Å². The molecule has 1 heterocycles. The number of carbonyl (C=O) groups is 1. The Balaban J connectivity index is 1.85. The van der Waals surface area contributed by atoms with Gasteiger partial charge in [-0.25, -0.2) is 4.79 Å². The molecule has 0 atom stereocenters. The summed E-state index contributed by atoms with van der Waals surface area (Å²) in [6.07, 6.45) is 8.26. The van der Waals surface area contributed by atoms with Crippen molar-refractivity contribution in [2.75, 3.05) is 0 Å². The molecule has 0 unspecified atom stereocenters. The minimum absolute atomic E-state index is 0.00395. The zero-order chi connectivity index (χ0) is 19.6. The van der Waals surface area contributed by atoms with Crippen LogP contribution in [0.3, 0.4) is 0 Å². The van der Waals surface area contributed by atoms with Crippen LogP contribution in [0.15, 0.2) is 42.6 Å². The van der Waals surface area contributed by atoms with Crippen LogP contribution < -0.4 is 0 Å². The molecule has 2 aromatic rings. The lowest BCUT2D eigenvalue weighted by molar-refractivity contribution is 0.0696. The fourth-order valence-electron chi connectivity index (χ4n) is 4.48. The molecule has 1 saturated carbocycles. The Morgan fingerprint density at radius 3 is 2.04 bits per heavy atom. The zero-order valence-electron chi connectivity index (χ0n) is 16.8. The van der Waals surface area contributed by atoms with E-state index in [0.29, 0.717) is 0 Å². The average molecular weight is 361 g/mol. The van der Waals surface area contributed by atoms with Gasteiger partial charge in [0.15, 0.2) is 0 Å². The van der Waals surface area contributed by atoms with Gasteiger partial charge in [-0.3, -0.25) is 4.98 Å². The lowest BCUT2D eigenvalue weighted by Gasteiger charge is -2.38. The maximum absolute atomic E-state index is 11.1. The van der Waals surface area contributed by atoms with Crippen molar-refractivity contribution in [1.29, 1.82) is 0 Å². The number of hydrogen-bond acceptors (Lipinski definition) is 2. The molecule has 1 N–H and O–H groups in total. The fraction of sp³-hybridized carbons (Fsp3) is 0.417. The van der Waals surface area contributed by atoms with Crippen LogP contribution >= 0.6 is 0 Å². The third-order valence-electron chi connectivity index (χ3n) is 6.44. The van der Waals surface area contributed by atoms with Crippen molar-refractivity contribution in [1.82, 2.24) is 4.98 Å². The van der Waals surface area contributed by atoms with Crippen molar-refractivity contribution >= 4 is 5.97 Å². The summed E-state index contributed by atoms with van der Waals surface area (Å²) in [6.45, 7) is 11.3. The molecule has 0 spiro atoms. The number of rotatable bonds is 3. The summed E-state index contributed by atoms with van der Waals surface area (Å²) in [5, 5.41) is 9.15. The molecule has 2 aliphatic carbocycles. The molecule has 0 radical (unpaired) electrons. The molecule has 3 heteroatoms. The molecule has 0 saturated heterocycles. The van der Waals surface area contributed by atoms with Gasteiger partial charge in [0.2, 0.25) is 0 Å². The van der Waals surface area contributed by atoms with E-state index in [2.05, 4.69) is 63.9 Å². The first-order valence-electron chi connectivity index (χ1n) is 9.63. The first-order valence-corrected chi connectivity index (χ1v) is 9.63. The fourth-order valence-corrected chi connectivity index (χ4v) is 4.48. The molecule has 27 heavy (non-hydrogen) atoms. The van der Waals surface area contributed by atoms with Crippen molar-refractivity contribution in [3.05, 3.63) is 76.1 Å². The topological polar surface area (TPSA) is 50.2 Å². The molecular weight excluding hydrogens is 334 g/mol. The standard InChI is InChI=1S/C24H27NO2/c1-15-12-18-19(23(4,5)9-8-22(18,2)3)13-17(15)24(10-11-24)20-7-6-16(14-25-20)21(26)27/h6-9,12-14H,10-11H2,1-5H3,(H,26,27). The first-order chi connectivity index (χ1) is 12.6. The summed E-state index contributed by atoms with van der Waals surface area (Å²) < 4.78 is 0. The van der Waals surface area contributed by atoms with Gasteiger partial charge in [0.1, 0.15) is 0 Å². The highest BCUT2D eigenvalue weighted by atomic mass is 16.4. The van der Waals surface area contributed by atoms with E-state index in [4.69, 9.17) is 5.11 Å². The van der Waals surface area contributed by atoms with Gasteiger partial charge < -0.3 is 5.11 Å². The number of hydrogen-bond donors (Lipinski definition) is 1. The van der Waals surface area contributed by atoms with Crippen LogP contribution in [0.5, 0.6) is 0 Å². The number of carboxylic acid groups (broad SMARTS) is 1. The SMILES string of the molecule is Cc1cc2c(cc1C1(c3ccc(C(=O)O)cn3)CC1)C(C)(C)C=CC2(C)C. The third-order valence-corrected chi connectivity index (χ3v) is 6.44. The largest absolute Gasteiger partial charge is 0.478 e. The van der Waals surface area contributed by atoms with Crippen LogP contribution in [0, 0.1) is 6.92 Å². The third kappa shape index (κ3) is 2.72. The van der Waals surface area contributed by atoms with Crippen molar-refractivity contribution in [2.24, 2.45) is 0 Å². The van der Waals surface area contributed by atoms with Gasteiger partial charge in [0, 0.05) is 22.4 Å². The average Bonchev–Trinajstić information content (AvgIpc) is 3.40. The molecule has 2 aliphatic rings. The summed E-state index contributed by atoms with van der Waals surface area (Å²) in [6, 6.07) is 8.33. The number of fused-ring (bicyclic) bond motifs is 1. The van der Waals surface area contributed by atoms with E-state index in [0.717, 1.165) is 18.5 Å². The Kier molecular flexibility index (Phi) is 3.69. The van der Waals surface area contributed by atoms with Gasteiger partial charge >= 0.3 is 5.97 Å². The normalized spacial score (nSPS) is 20.8. The van der Waals surface area contributed by atoms with E-state index in [1.165, 1.54) is 28.5 Å². The summed E-state index contributed by atoms with van der Waals surface area (Å²) in [5.41, 5.74) is 6.63. The molecule has 140 valence electrons. The van der Waals surface area contributed by atoms with Crippen LogP contribution in [0.25, 0.3) is 0 Å². The number of aryl methyl sites for hydroxylation is 1. The highest BCUT2D eigenvalue weighted by molar-refractivity contribution is 5.87. The number of benzene rings is 1. The molecule has 1 aromatic carbocycles. The van der Waals surface area contributed by atoms with Gasteiger partial charge in [-0.15, -0.1) is 0 Å². The predicted octanol–water partition coefficient (Wildman–Crippen LogP) is 5.29. The van der Waals surface area contributed by atoms with E-state index in [1.54, 1.807) is 6.07 Å². The Hall–Kier alpha value is -2.42. The first kappa shape index (κ1) is 18.0. The molecule has 1 fully saturated rings. The lowest BCUT2D eigenvalue weighted by Crippen LogP contribution is -2.30. The van der Waals surface area contributed by atoms with Crippen LogP contribution in [-0.2, 0) is 16.2 Å². The van der Waals surface area contributed by atoms with E-state index >= 15 is 0 Å². The Labute approximate surface area is 161 Å².